The van der Waals surface area contributed by atoms with Crippen molar-refractivity contribution in [1.29, 1.82) is 0 Å². The van der Waals surface area contributed by atoms with Gasteiger partial charge in [0.1, 0.15) is 0 Å². The van der Waals surface area contributed by atoms with Crippen LogP contribution in [0.4, 0.5) is 0 Å². The van der Waals surface area contributed by atoms with Gasteiger partial charge in [-0.25, -0.2) is 0 Å². The van der Waals surface area contributed by atoms with Crippen LogP contribution in [0.1, 0.15) is 76.8 Å². The lowest BCUT2D eigenvalue weighted by Crippen LogP contribution is -1.86. The molecule has 0 bridgehead atoms. The summed E-state index contributed by atoms with van der Waals surface area (Å²) < 4.78 is 0. The monoisotopic (exact) mass is 258 g/mol. The Kier molecular flexibility index (Phi) is 8.29. The van der Waals surface area contributed by atoms with Gasteiger partial charge in [0.05, 0.1) is 0 Å². The smallest absolute Gasteiger partial charge is 0.0257 e. The number of hydrogen-bond acceptors (Lipinski definition) is 0. The molecule has 0 aliphatic heterocycles. The van der Waals surface area contributed by atoms with Crippen molar-refractivity contribution in [3.05, 3.63) is 41.0 Å². The molecule has 19 heavy (non-hydrogen) atoms. The quantitative estimate of drug-likeness (QED) is 0.449. The van der Waals surface area contributed by atoms with Gasteiger partial charge in [0.2, 0.25) is 0 Å². The van der Waals surface area contributed by atoms with Crippen molar-refractivity contribution >= 4 is 6.08 Å². The molecule has 0 aromatic heterocycles. The molecule has 1 rings (SSSR count). The van der Waals surface area contributed by atoms with Crippen molar-refractivity contribution in [3.8, 4) is 0 Å². The molecule has 0 amide bonds. The molecule has 0 aliphatic carbocycles. The fraction of sp³-hybridized carbons (Fsp3) is 0.579. The predicted molar refractivity (Wildman–Crippen MR) is 87.5 cm³/mol. The summed E-state index contributed by atoms with van der Waals surface area (Å²) in [6.07, 6.45) is 12.7. The second kappa shape index (κ2) is 9.83. The van der Waals surface area contributed by atoms with Crippen LogP contribution in [0.5, 0.6) is 0 Å². The molecule has 0 aliphatic rings. The second-order valence-corrected chi connectivity index (χ2v) is 5.46. The Morgan fingerprint density at radius 2 is 1.63 bits per heavy atom. The van der Waals surface area contributed by atoms with Crippen molar-refractivity contribution in [2.45, 2.75) is 72.1 Å². The van der Waals surface area contributed by atoms with Crippen LogP contribution >= 0.6 is 0 Å². The van der Waals surface area contributed by atoms with Crippen LogP contribution in [0, 0.1) is 0 Å². The first kappa shape index (κ1) is 16.0. The molecule has 0 atom stereocenters. The Labute approximate surface area is 119 Å². The highest BCUT2D eigenvalue weighted by molar-refractivity contribution is 5.53. The third-order valence-corrected chi connectivity index (χ3v) is 3.69. The first-order chi connectivity index (χ1) is 9.30. The normalized spacial score (nSPS) is 11.8. The molecule has 0 saturated carbocycles. The number of hydrogen-bond donors (Lipinski definition) is 0. The largest absolute Gasteiger partial charge is 0.0699 e. The van der Waals surface area contributed by atoms with E-state index in [-0.39, 0.29) is 0 Å². The number of aryl methyl sites for hydroxylation is 1. The molecule has 0 spiro atoms. The van der Waals surface area contributed by atoms with Crippen LogP contribution in [0.25, 0.3) is 6.08 Å². The summed E-state index contributed by atoms with van der Waals surface area (Å²) in [7, 11) is 0. The molecule has 0 unspecified atom stereocenters. The first-order valence-electron chi connectivity index (χ1n) is 8.08. The van der Waals surface area contributed by atoms with Crippen molar-refractivity contribution in [1.82, 2.24) is 0 Å². The molecule has 1 aromatic carbocycles. The molecular weight excluding hydrogens is 228 g/mol. The van der Waals surface area contributed by atoms with E-state index in [1.807, 2.05) is 0 Å². The maximum absolute atomic E-state index is 2.39. The topological polar surface area (TPSA) is 0 Å². The molecule has 0 N–H and O–H groups in total. The highest BCUT2D eigenvalue weighted by atomic mass is 14.0. The second-order valence-electron chi connectivity index (χ2n) is 5.46. The van der Waals surface area contributed by atoms with Gasteiger partial charge in [-0.3, -0.25) is 0 Å². The Morgan fingerprint density at radius 1 is 0.895 bits per heavy atom. The Bertz CT molecular complexity index is 356. The molecule has 0 fully saturated rings. The molecular formula is C19H30. The summed E-state index contributed by atoms with van der Waals surface area (Å²) in [5, 5.41) is 0. The zero-order chi connectivity index (χ0) is 13.9. The van der Waals surface area contributed by atoms with Crippen molar-refractivity contribution in [2.75, 3.05) is 0 Å². The van der Waals surface area contributed by atoms with Crippen LogP contribution in [0.3, 0.4) is 0 Å². The lowest BCUT2D eigenvalue weighted by Gasteiger charge is -2.06. The Balaban J connectivity index is 2.53. The molecule has 0 saturated heterocycles. The molecule has 0 heteroatoms. The molecule has 0 radical (unpaired) electrons. The average molecular weight is 258 g/mol. The van der Waals surface area contributed by atoms with Crippen LogP contribution in [0.15, 0.2) is 29.8 Å². The van der Waals surface area contributed by atoms with E-state index in [1.165, 1.54) is 62.5 Å². The summed E-state index contributed by atoms with van der Waals surface area (Å²) in [6, 6.07) is 9.10. The third kappa shape index (κ3) is 6.61. The van der Waals surface area contributed by atoms with Gasteiger partial charge >= 0.3 is 0 Å². The van der Waals surface area contributed by atoms with E-state index in [0.29, 0.717) is 0 Å². The number of benzene rings is 1. The van der Waals surface area contributed by atoms with E-state index < -0.39 is 0 Å². The molecule has 106 valence electrons. The van der Waals surface area contributed by atoms with E-state index in [4.69, 9.17) is 0 Å². The Hall–Kier alpha value is -1.04. The zero-order valence-electron chi connectivity index (χ0n) is 13.0. The van der Waals surface area contributed by atoms with Gasteiger partial charge < -0.3 is 0 Å². The highest BCUT2D eigenvalue weighted by Gasteiger charge is 1.97. The lowest BCUT2D eigenvalue weighted by molar-refractivity contribution is 0.659. The maximum atomic E-state index is 2.39. The Morgan fingerprint density at radius 3 is 2.21 bits per heavy atom. The minimum atomic E-state index is 1.18. The van der Waals surface area contributed by atoms with E-state index >= 15 is 0 Å². The third-order valence-electron chi connectivity index (χ3n) is 3.69. The van der Waals surface area contributed by atoms with E-state index in [9.17, 15) is 0 Å². The van der Waals surface area contributed by atoms with Crippen molar-refractivity contribution in [2.24, 2.45) is 0 Å². The minimum Gasteiger partial charge on any atom is -0.0699 e. The van der Waals surface area contributed by atoms with Gasteiger partial charge in [-0.2, -0.15) is 0 Å². The summed E-state index contributed by atoms with van der Waals surface area (Å²) >= 11 is 0. The van der Waals surface area contributed by atoms with Crippen molar-refractivity contribution in [3.63, 3.8) is 0 Å². The van der Waals surface area contributed by atoms with Crippen LogP contribution in [-0.2, 0) is 6.42 Å². The lowest BCUT2D eigenvalue weighted by atomic mass is 10.0. The standard InChI is InChI=1S/C19H30/c1-4-7-8-9-11-17(6-3)16-19-14-12-18(10-5-2)13-15-19/h12-16H,4-11H2,1-3H3. The van der Waals surface area contributed by atoms with Gasteiger partial charge in [0.15, 0.2) is 0 Å². The number of unbranched alkanes of at least 4 members (excludes halogenated alkanes) is 3. The molecule has 0 heterocycles. The summed E-state index contributed by atoms with van der Waals surface area (Å²) in [4.78, 5) is 0. The first-order valence-corrected chi connectivity index (χ1v) is 8.08. The fourth-order valence-electron chi connectivity index (χ4n) is 2.43. The number of rotatable bonds is 9. The maximum Gasteiger partial charge on any atom is -0.0257 e. The highest BCUT2D eigenvalue weighted by Crippen LogP contribution is 2.17. The predicted octanol–water partition coefficient (Wildman–Crippen LogP) is 6.40. The van der Waals surface area contributed by atoms with E-state index in [2.05, 4.69) is 51.1 Å². The summed E-state index contributed by atoms with van der Waals surface area (Å²) in [6.45, 7) is 6.78. The molecule has 1 aromatic rings. The van der Waals surface area contributed by atoms with Gasteiger partial charge in [0, 0.05) is 0 Å². The van der Waals surface area contributed by atoms with E-state index in [1.54, 1.807) is 5.57 Å². The zero-order valence-corrected chi connectivity index (χ0v) is 13.0. The summed E-state index contributed by atoms with van der Waals surface area (Å²) in [5.74, 6) is 0. The summed E-state index contributed by atoms with van der Waals surface area (Å²) in [5.41, 5.74) is 4.42. The van der Waals surface area contributed by atoms with Crippen LogP contribution < -0.4 is 0 Å². The van der Waals surface area contributed by atoms with Crippen LogP contribution in [-0.4, -0.2) is 0 Å². The van der Waals surface area contributed by atoms with Gasteiger partial charge in [-0.15, -0.1) is 0 Å². The van der Waals surface area contributed by atoms with Crippen LogP contribution in [0.2, 0.25) is 0 Å². The van der Waals surface area contributed by atoms with Gasteiger partial charge in [-0.1, -0.05) is 82.4 Å². The fourth-order valence-corrected chi connectivity index (χ4v) is 2.43. The molecule has 0 nitrogen and oxygen atoms in total. The number of allylic oxidation sites excluding steroid dienone is 1. The van der Waals surface area contributed by atoms with Gasteiger partial charge in [-0.05, 0) is 36.8 Å². The van der Waals surface area contributed by atoms with Crippen molar-refractivity contribution < 1.29 is 0 Å². The minimum absolute atomic E-state index is 1.18. The SMILES string of the molecule is CCCCCCC(=Cc1ccc(CCC)cc1)CC. The van der Waals surface area contributed by atoms with E-state index in [0.717, 1.165) is 0 Å². The average Bonchev–Trinajstić information content (AvgIpc) is 2.44. The van der Waals surface area contributed by atoms with Gasteiger partial charge in [0.25, 0.3) is 0 Å².